The van der Waals surface area contributed by atoms with Gasteiger partial charge in [0.2, 0.25) is 5.96 Å². The Morgan fingerprint density at radius 1 is 0.833 bits per heavy atom. The number of hydrogen-bond acceptors (Lipinski definition) is 7. The smallest absolute Gasteiger partial charge is 0.234 e. The van der Waals surface area contributed by atoms with Crippen molar-refractivity contribution in [3.05, 3.63) is 47.5 Å². The van der Waals surface area contributed by atoms with Crippen molar-refractivity contribution >= 4 is 18.4 Å². The first kappa shape index (κ1) is 16.6. The number of benzene rings is 2. The van der Waals surface area contributed by atoms with Crippen LogP contribution in [0.2, 0.25) is 0 Å². The van der Waals surface area contributed by atoms with Gasteiger partial charge in [-0.25, -0.2) is 5.43 Å². The van der Waals surface area contributed by atoms with Gasteiger partial charge in [-0.15, -0.1) is 5.10 Å². The fourth-order valence-corrected chi connectivity index (χ4v) is 1.59. The number of phenols is 4. The number of rotatable bonds is 4. The Bertz CT molecular complexity index is 818. The average molecular weight is 329 g/mol. The molecule has 0 aliphatic carbocycles. The molecule has 24 heavy (non-hydrogen) atoms. The van der Waals surface area contributed by atoms with Crippen LogP contribution in [-0.2, 0) is 0 Å². The maximum Gasteiger partial charge on any atom is 0.234 e. The Morgan fingerprint density at radius 3 is 1.92 bits per heavy atom. The minimum Gasteiger partial charge on any atom is -0.504 e. The highest BCUT2D eigenvalue weighted by molar-refractivity contribution is 5.85. The normalized spacial score (nSPS) is 12.1. The molecule has 0 saturated heterocycles. The lowest BCUT2D eigenvalue weighted by Gasteiger charge is -1.99. The summed E-state index contributed by atoms with van der Waals surface area (Å²) in [7, 11) is 0. The van der Waals surface area contributed by atoms with Crippen molar-refractivity contribution in [3.63, 3.8) is 0 Å². The predicted octanol–water partition coefficient (Wildman–Crippen LogP) is 0.781. The van der Waals surface area contributed by atoms with Gasteiger partial charge in [0, 0.05) is 0 Å². The van der Waals surface area contributed by atoms with Crippen LogP contribution in [0.15, 0.2) is 51.7 Å². The lowest BCUT2D eigenvalue weighted by atomic mass is 10.2. The summed E-state index contributed by atoms with van der Waals surface area (Å²) in [5, 5.41) is 48.2. The zero-order valence-corrected chi connectivity index (χ0v) is 12.3. The third-order valence-electron chi connectivity index (χ3n) is 2.76. The van der Waals surface area contributed by atoms with Gasteiger partial charge in [-0.1, -0.05) is 0 Å². The zero-order valence-electron chi connectivity index (χ0n) is 12.3. The molecule has 9 heteroatoms. The van der Waals surface area contributed by atoms with Crippen LogP contribution in [0.25, 0.3) is 0 Å². The molecule has 0 aromatic heterocycles. The number of aromatic hydroxyl groups is 4. The van der Waals surface area contributed by atoms with E-state index in [1.54, 1.807) is 6.07 Å². The molecule has 124 valence electrons. The van der Waals surface area contributed by atoms with Gasteiger partial charge in [0.1, 0.15) is 0 Å². The van der Waals surface area contributed by atoms with Crippen LogP contribution in [0, 0.1) is 0 Å². The van der Waals surface area contributed by atoms with E-state index in [9.17, 15) is 20.4 Å². The number of hydrazone groups is 1. The monoisotopic (exact) mass is 329 g/mol. The topological polar surface area (TPSA) is 156 Å². The Hall–Kier alpha value is -3.75. The summed E-state index contributed by atoms with van der Waals surface area (Å²) in [5.74, 6) is -1.08. The lowest BCUT2D eigenvalue weighted by Crippen LogP contribution is -2.26. The molecule has 0 unspecified atom stereocenters. The van der Waals surface area contributed by atoms with Crippen molar-refractivity contribution in [1.29, 1.82) is 0 Å². The highest BCUT2D eigenvalue weighted by atomic mass is 16.3. The van der Waals surface area contributed by atoms with Crippen molar-refractivity contribution in [3.8, 4) is 23.0 Å². The first-order valence-electron chi connectivity index (χ1n) is 6.65. The van der Waals surface area contributed by atoms with Crippen LogP contribution >= 0.6 is 0 Å². The Labute approximate surface area is 136 Å². The van der Waals surface area contributed by atoms with Crippen LogP contribution in [-0.4, -0.2) is 38.8 Å². The molecule has 0 spiro atoms. The first-order valence-corrected chi connectivity index (χ1v) is 6.65. The number of hydrogen-bond donors (Lipinski definition) is 6. The van der Waals surface area contributed by atoms with E-state index in [1.165, 1.54) is 42.8 Å². The van der Waals surface area contributed by atoms with E-state index in [0.717, 1.165) is 0 Å². The van der Waals surface area contributed by atoms with Gasteiger partial charge in [-0.05, 0) is 47.5 Å². The van der Waals surface area contributed by atoms with Gasteiger partial charge in [-0.2, -0.15) is 10.2 Å². The van der Waals surface area contributed by atoms with Gasteiger partial charge in [0.05, 0.1) is 12.4 Å². The second kappa shape index (κ2) is 7.49. The van der Waals surface area contributed by atoms with Crippen LogP contribution in [0.1, 0.15) is 11.1 Å². The molecule has 0 heterocycles. The predicted molar refractivity (Wildman–Crippen MR) is 89.5 cm³/mol. The highest BCUT2D eigenvalue weighted by Crippen LogP contribution is 2.24. The van der Waals surface area contributed by atoms with E-state index in [1.807, 2.05) is 0 Å². The summed E-state index contributed by atoms with van der Waals surface area (Å²) in [4.78, 5) is 0. The maximum atomic E-state index is 9.34. The molecule has 0 radical (unpaired) electrons. The number of phenolic OH excluding ortho intramolecular Hbond substituents is 4. The van der Waals surface area contributed by atoms with Crippen LogP contribution in [0.3, 0.4) is 0 Å². The molecule has 0 aliphatic rings. The first-order chi connectivity index (χ1) is 11.5. The van der Waals surface area contributed by atoms with Crippen LogP contribution in [0.5, 0.6) is 23.0 Å². The second-order valence-electron chi connectivity index (χ2n) is 4.60. The van der Waals surface area contributed by atoms with E-state index >= 15 is 0 Å². The average Bonchev–Trinajstić information content (AvgIpc) is 2.54. The lowest BCUT2D eigenvalue weighted by molar-refractivity contribution is 0.403. The standard InChI is InChI=1S/C15H15N5O4/c16-15(19-17-7-9-1-3-11(21)13(23)5-9)20-18-8-10-2-4-12(22)14(24)6-10/h1-8,21-24H,(H3,16,19,20)/b17-7+,18-8+. The van der Waals surface area contributed by atoms with Crippen LogP contribution < -0.4 is 11.2 Å². The maximum absolute atomic E-state index is 9.34. The quantitative estimate of drug-likeness (QED) is 0.211. The minimum absolute atomic E-state index is 0.0894. The third kappa shape index (κ3) is 4.63. The molecule has 2 aromatic rings. The van der Waals surface area contributed by atoms with Crippen LogP contribution in [0.4, 0.5) is 0 Å². The molecule has 0 saturated carbocycles. The summed E-state index contributed by atoms with van der Waals surface area (Å²) in [6, 6.07) is 8.36. The summed E-state index contributed by atoms with van der Waals surface area (Å²) in [5.41, 5.74) is 9.02. The van der Waals surface area contributed by atoms with E-state index in [-0.39, 0.29) is 29.0 Å². The van der Waals surface area contributed by atoms with Crippen molar-refractivity contribution in [2.45, 2.75) is 0 Å². The molecule has 0 amide bonds. The Morgan fingerprint density at radius 2 is 1.38 bits per heavy atom. The van der Waals surface area contributed by atoms with Crippen molar-refractivity contribution < 1.29 is 20.4 Å². The largest absolute Gasteiger partial charge is 0.504 e. The molecule has 0 fully saturated rings. The van der Waals surface area contributed by atoms with E-state index < -0.39 is 0 Å². The molecule has 0 bridgehead atoms. The van der Waals surface area contributed by atoms with E-state index in [2.05, 4.69) is 20.7 Å². The van der Waals surface area contributed by atoms with Crippen molar-refractivity contribution in [2.24, 2.45) is 21.0 Å². The number of nitrogens with one attached hydrogen (secondary N) is 1. The van der Waals surface area contributed by atoms with Crippen molar-refractivity contribution in [2.75, 3.05) is 0 Å². The second-order valence-corrected chi connectivity index (χ2v) is 4.60. The van der Waals surface area contributed by atoms with Gasteiger partial charge in [0.25, 0.3) is 0 Å². The van der Waals surface area contributed by atoms with Gasteiger partial charge >= 0.3 is 0 Å². The van der Waals surface area contributed by atoms with E-state index in [0.29, 0.717) is 11.1 Å². The third-order valence-corrected chi connectivity index (χ3v) is 2.76. The summed E-state index contributed by atoms with van der Waals surface area (Å²) < 4.78 is 0. The highest BCUT2D eigenvalue weighted by Gasteiger charge is 1.99. The molecule has 0 aliphatic heterocycles. The molecule has 7 N–H and O–H groups in total. The van der Waals surface area contributed by atoms with Gasteiger partial charge in [0.15, 0.2) is 23.0 Å². The molecule has 9 nitrogen and oxygen atoms in total. The Kier molecular flexibility index (Phi) is 5.19. The molecular weight excluding hydrogens is 314 g/mol. The Balaban J connectivity index is 1.93. The number of nitrogens with two attached hydrogens (primary N) is 1. The van der Waals surface area contributed by atoms with Gasteiger partial charge < -0.3 is 26.2 Å². The summed E-state index contributed by atoms with van der Waals surface area (Å²) in [6.45, 7) is 0. The molecule has 2 aromatic carbocycles. The number of nitrogens with zero attached hydrogens (tertiary/aromatic N) is 3. The number of guanidine groups is 1. The SMILES string of the molecule is N/C(=N\N=C\c1ccc(O)c(O)c1)N/N=C/c1ccc(O)c(O)c1. The summed E-state index contributed by atoms with van der Waals surface area (Å²) in [6.07, 6.45) is 2.69. The molecule has 2 rings (SSSR count). The fraction of sp³-hybridized carbons (Fsp3) is 0. The summed E-state index contributed by atoms with van der Waals surface area (Å²) >= 11 is 0. The van der Waals surface area contributed by atoms with Crippen molar-refractivity contribution in [1.82, 2.24) is 5.43 Å². The fourth-order valence-electron chi connectivity index (χ4n) is 1.59. The van der Waals surface area contributed by atoms with E-state index in [4.69, 9.17) is 5.73 Å². The van der Waals surface area contributed by atoms with Gasteiger partial charge in [-0.3, -0.25) is 0 Å². The molecule has 0 atom stereocenters. The zero-order chi connectivity index (χ0) is 17.5. The minimum atomic E-state index is -0.268. The molecular formula is C15H15N5O4.